The third-order valence-corrected chi connectivity index (χ3v) is 2.46. The molecule has 2 N–H and O–H groups in total. The van der Waals surface area contributed by atoms with Crippen molar-refractivity contribution in [2.75, 3.05) is 7.11 Å². The minimum absolute atomic E-state index is 0.426. The molecule has 2 rings (SSSR count). The van der Waals surface area contributed by atoms with E-state index in [2.05, 4.69) is 11.2 Å². The first-order chi connectivity index (χ1) is 7.76. The van der Waals surface area contributed by atoms with Gasteiger partial charge in [-0.3, -0.25) is 0 Å². The first kappa shape index (κ1) is 10.7. The van der Waals surface area contributed by atoms with Crippen molar-refractivity contribution in [1.82, 2.24) is 9.78 Å². The molecule has 0 bridgehead atoms. The molecule has 1 aromatic heterocycles. The second-order valence-electron chi connectivity index (χ2n) is 3.63. The fourth-order valence-corrected chi connectivity index (χ4v) is 1.67. The molecule has 0 saturated heterocycles. The molecule has 4 heteroatoms. The SMILES string of the molecule is COc1c(CN)cnn1-c1cccc(C)c1. The number of rotatable bonds is 3. The number of nitrogens with zero attached hydrogens (tertiary/aromatic N) is 2. The Bertz CT molecular complexity index is 491. The maximum absolute atomic E-state index is 5.61. The van der Waals surface area contributed by atoms with E-state index < -0.39 is 0 Å². The first-order valence-electron chi connectivity index (χ1n) is 5.14. The topological polar surface area (TPSA) is 53.1 Å². The molecule has 0 fully saturated rings. The van der Waals surface area contributed by atoms with Gasteiger partial charge in [0, 0.05) is 12.1 Å². The number of aryl methyl sites for hydroxylation is 1. The van der Waals surface area contributed by atoms with Crippen molar-refractivity contribution in [3.8, 4) is 11.6 Å². The van der Waals surface area contributed by atoms with E-state index in [1.807, 2.05) is 25.1 Å². The largest absolute Gasteiger partial charge is 0.481 e. The summed E-state index contributed by atoms with van der Waals surface area (Å²) in [7, 11) is 1.63. The zero-order valence-corrected chi connectivity index (χ0v) is 9.47. The highest BCUT2D eigenvalue weighted by Gasteiger charge is 2.11. The van der Waals surface area contributed by atoms with Crippen molar-refractivity contribution in [3.05, 3.63) is 41.6 Å². The lowest BCUT2D eigenvalue weighted by Gasteiger charge is -2.07. The van der Waals surface area contributed by atoms with Crippen molar-refractivity contribution in [3.63, 3.8) is 0 Å². The molecule has 4 nitrogen and oxygen atoms in total. The lowest BCUT2D eigenvalue weighted by Crippen LogP contribution is -2.03. The molecule has 0 aliphatic rings. The molecule has 0 amide bonds. The Balaban J connectivity index is 2.51. The lowest BCUT2D eigenvalue weighted by molar-refractivity contribution is 0.379. The van der Waals surface area contributed by atoms with E-state index in [1.165, 1.54) is 5.56 Å². The molecular formula is C12H15N3O. The number of methoxy groups -OCH3 is 1. The van der Waals surface area contributed by atoms with Crippen molar-refractivity contribution in [2.45, 2.75) is 13.5 Å². The van der Waals surface area contributed by atoms with Crippen LogP contribution in [-0.4, -0.2) is 16.9 Å². The number of nitrogens with two attached hydrogens (primary N) is 1. The van der Waals surface area contributed by atoms with Crippen LogP contribution in [0.3, 0.4) is 0 Å². The van der Waals surface area contributed by atoms with E-state index in [4.69, 9.17) is 10.5 Å². The number of benzene rings is 1. The Labute approximate surface area is 94.6 Å². The Morgan fingerprint density at radius 2 is 2.25 bits per heavy atom. The second kappa shape index (κ2) is 4.37. The number of hydrogen-bond acceptors (Lipinski definition) is 3. The van der Waals surface area contributed by atoms with E-state index in [1.54, 1.807) is 18.0 Å². The first-order valence-corrected chi connectivity index (χ1v) is 5.14. The third-order valence-electron chi connectivity index (χ3n) is 2.46. The predicted molar refractivity (Wildman–Crippen MR) is 62.7 cm³/mol. The summed E-state index contributed by atoms with van der Waals surface area (Å²) >= 11 is 0. The molecule has 0 atom stereocenters. The molecule has 84 valence electrons. The third kappa shape index (κ3) is 1.79. The van der Waals surface area contributed by atoms with Gasteiger partial charge in [-0.1, -0.05) is 12.1 Å². The van der Waals surface area contributed by atoms with Gasteiger partial charge in [0.1, 0.15) is 0 Å². The minimum Gasteiger partial charge on any atom is -0.481 e. The van der Waals surface area contributed by atoms with Crippen LogP contribution in [0.1, 0.15) is 11.1 Å². The number of ether oxygens (including phenoxy) is 1. The average Bonchev–Trinajstić information content (AvgIpc) is 2.71. The average molecular weight is 217 g/mol. The summed E-state index contributed by atoms with van der Waals surface area (Å²) in [5, 5.41) is 4.28. The molecular weight excluding hydrogens is 202 g/mol. The summed E-state index contributed by atoms with van der Waals surface area (Å²) in [6.07, 6.45) is 1.74. The van der Waals surface area contributed by atoms with Gasteiger partial charge in [-0.05, 0) is 24.6 Å². The van der Waals surface area contributed by atoms with Gasteiger partial charge in [-0.2, -0.15) is 5.10 Å². The Kier molecular flexibility index (Phi) is 2.92. The Morgan fingerprint density at radius 1 is 1.44 bits per heavy atom. The Hall–Kier alpha value is -1.81. The highest BCUT2D eigenvalue weighted by Crippen LogP contribution is 2.22. The van der Waals surface area contributed by atoms with Crippen LogP contribution >= 0.6 is 0 Å². The monoisotopic (exact) mass is 217 g/mol. The number of aromatic nitrogens is 2. The fourth-order valence-electron chi connectivity index (χ4n) is 1.67. The summed E-state index contributed by atoms with van der Waals surface area (Å²) in [4.78, 5) is 0. The minimum atomic E-state index is 0.426. The van der Waals surface area contributed by atoms with Crippen LogP contribution in [0.4, 0.5) is 0 Å². The highest BCUT2D eigenvalue weighted by molar-refractivity contribution is 5.40. The van der Waals surface area contributed by atoms with E-state index >= 15 is 0 Å². The van der Waals surface area contributed by atoms with Crippen LogP contribution in [0.15, 0.2) is 30.5 Å². The summed E-state index contributed by atoms with van der Waals surface area (Å²) in [5.74, 6) is 0.702. The van der Waals surface area contributed by atoms with E-state index in [-0.39, 0.29) is 0 Å². The summed E-state index contributed by atoms with van der Waals surface area (Å²) in [6, 6.07) is 8.08. The lowest BCUT2D eigenvalue weighted by atomic mass is 10.2. The van der Waals surface area contributed by atoms with Gasteiger partial charge < -0.3 is 10.5 Å². The number of hydrogen-bond donors (Lipinski definition) is 1. The van der Waals surface area contributed by atoms with Crippen LogP contribution in [0.5, 0.6) is 5.88 Å². The van der Waals surface area contributed by atoms with Crippen molar-refractivity contribution in [2.24, 2.45) is 5.73 Å². The van der Waals surface area contributed by atoms with Gasteiger partial charge >= 0.3 is 0 Å². The zero-order chi connectivity index (χ0) is 11.5. The molecule has 0 unspecified atom stereocenters. The quantitative estimate of drug-likeness (QED) is 0.850. The van der Waals surface area contributed by atoms with Crippen LogP contribution in [0.25, 0.3) is 5.69 Å². The van der Waals surface area contributed by atoms with Gasteiger partial charge in [0.25, 0.3) is 0 Å². The molecule has 1 heterocycles. The second-order valence-corrected chi connectivity index (χ2v) is 3.63. The normalized spacial score (nSPS) is 10.4. The maximum Gasteiger partial charge on any atom is 0.220 e. The Morgan fingerprint density at radius 3 is 2.88 bits per heavy atom. The molecule has 0 aliphatic carbocycles. The smallest absolute Gasteiger partial charge is 0.220 e. The van der Waals surface area contributed by atoms with Crippen molar-refractivity contribution in [1.29, 1.82) is 0 Å². The molecule has 0 saturated carbocycles. The molecule has 0 spiro atoms. The van der Waals surface area contributed by atoms with Gasteiger partial charge in [0.05, 0.1) is 19.0 Å². The maximum atomic E-state index is 5.61. The molecule has 1 aromatic carbocycles. The standard InChI is InChI=1S/C12H15N3O/c1-9-4-3-5-11(6-9)15-12(16-2)10(7-13)8-14-15/h3-6,8H,7,13H2,1-2H3. The van der Waals surface area contributed by atoms with Crippen LogP contribution in [0.2, 0.25) is 0 Å². The van der Waals surface area contributed by atoms with Gasteiger partial charge in [0.15, 0.2) is 0 Å². The van der Waals surface area contributed by atoms with Crippen LogP contribution < -0.4 is 10.5 Å². The van der Waals surface area contributed by atoms with E-state index in [0.29, 0.717) is 12.4 Å². The van der Waals surface area contributed by atoms with E-state index in [0.717, 1.165) is 11.3 Å². The van der Waals surface area contributed by atoms with Crippen molar-refractivity contribution < 1.29 is 4.74 Å². The molecule has 16 heavy (non-hydrogen) atoms. The summed E-state index contributed by atoms with van der Waals surface area (Å²) < 4.78 is 7.08. The van der Waals surface area contributed by atoms with Gasteiger partial charge in [0.2, 0.25) is 5.88 Å². The van der Waals surface area contributed by atoms with E-state index in [9.17, 15) is 0 Å². The highest BCUT2D eigenvalue weighted by atomic mass is 16.5. The van der Waals surface area contributed by atoms with Crippen molar-refractivity contribution >= 4 is 0 Å². The van der Waals surface area contributed by atoms with Gasteiger partial charge in [-0.25, -0.2) is 4.68 Å². The molecule has 0 radical (unpaired) electrons. The molecule has 0 aliphatic heterocycles. The van der Waals surface area contributed by atoms with Gasteiger partial charge in [-0.15, -0.1) is 0 Å². The van der Waals surface area contributed by atoms with Crippen LogP contribution in [-0.2, 0) is 6.54 Å². The fraction of sp³-hybridized carbons (Fsp3) is 0.250. The van der Waals surface area contributed by atoms with Crippen LogP contribution in [0, 0.1) is 6.92 Å². The predicted octanol–water partition coefficient (Wildman–Crippen LogP) is 1.65. The summed E-state index contributed by atoms with van der Waals surface area (Å²) in [6.45, 7) is 2.47. The molecule has 2 aromatic rings. The summed E-state index contributed by atoms with van der Waals surface area (Å²) in [5.41, 5.74) is 8.69. The zero-order valence-electron chi connectivity index (χ0n) is 9.47.